The van der Waals surface area contributed by atoms with E-state index < -0.39 is 7.92 Å². The van der Waals surface area contributed by atoms with Gasteiger partial charge in [-0.2, -0.15) is 0 Å². The van der Waals surface area contributed by atoms with Crippen molar-refractivity contribution in [1.82, 2.24) is 0 Å². The van der Waals surface area contributed by atoms with Crippen LogP contribution in [0.1, 0.15) is 0 Å². The molecule has 0 aromatic heterocycles. The van der Waals surface area contributed by atoms with Crippen molar-refractivity contribution in [2.24, 2.45) is 0 Å². The van der Waals surface area contributed by atoms with Gasteiger partial charge >= 0.3 is 0 Å². The zero-order valence-electron chi connectivity index (χ0n) is 14.4. The topological polar surface area (TPSA) is 23.1 Å². The first-order valence-electron chi connectivity index (χ1n) is 8.52. The largest absolute Gasteiger partial charge is 0.872 e. The van der Waals surface area contributed by atoms with Crippen LogP contribution in [0.25, 0.3) is 0 Å². The van der Waals surface area contributed by atoms with Crippen LogP contribution in [0.2, 0.25) is 0 Å². The molecule has 0 saturated carbocycles. The first-order valence-corrected chi connectivity index (χ1v) is 9.86. The van der Waals surface area contributed by atoms with E-state index >= 15 is 0 Å². The number of hydrogen-bond acceptors (Lipinski definition) is 1. The maximum absolute atomic E-state index is 10.3. The van der Waals surface area contributed by atoms with Crippen molar-refractivity contribution < 1.29 is 5.11 Å². The molecule has 128 valence electrons. The molecule has 1 nitrogen and oxygen atoms in total. The van der Waals surface area contributed by atoms with Gasteiger partial charge in [-0.05, 0) is 23.8 Å². The van der Waals surface area contributed by atoms with E-state index in [0.29, 0.717) is 0 Å². The Morgan fingerprint density at radius 2 is 0.654 bits per heavy atom. The lowest BCUT2D eigenvalue weighted by Crippen LogP contribution is -2.20. The lowest BCUT2D eigenvalue weighted by molar-refractivity contribution is -0.268. The first-order chi connectivity index (χ1) is 12.8. The summed E-state index contributed by atoms with van der Waals surface area (Å²) in [5, 5.41) is 14.5. The molecule has 0 heterocycles. The molecule has 0 radical (unpaired) electrons. The molecule has 2 heteroatoms. The van der Waals surface area contributed by atoms with Gasteiger partial charge in [-0.3, -0.25) is 0 Å². The molecular weight excluding hydrogens is 335 g/mol. The number of benzene rings is 4. The van der Waals surface area contributed by atoms with E-state index in [4.69, 9.17) is 0 Å². The molecule has 4 aromatic rings. The molecule has 26 heavy (non-hydrogen) atoms. The quantitative estimate of drug-likeness (QED) is 0.505. The van der Waals surface area contributed by atoms with Crippen LogP contribution in [0.4, 0.5) is 0 Å². The summed E-state index contributed by atoms with van der Waals surface area (Å²) in [6, 6.07) is 40.7. The molecule has 0 bridgehead atoms. The SMILES string of the molecule is [O-]c1ccccc1.c1ccc(P(c2ccccc2)c2ccccc2)cc1. The Kier molecular flexibility index (Phi) is 6.59. The van der Waals surface area contributed by atoms with Gasteiger partial charge in [-0.15, -0.1) is 5.75 Å². The lowest BCUT2D eigenvalue weighted by atomic mass is 10.3. The standard InChI is InChI=1S/C18H15P.C6H6O/c1-4-10-16(11-5-1)19(17-12-6-2-7-13-17)18-14-8-3-9-15-18;7-6-4-2-1-3-5-6/h1-15H;1-5,7H/p-1. The van der Waals surface area contributed by atoms with Gasteiger partial charge in [0.15, 0.2) is 0 Å². The van der Waals surface area contributed by atoms with Crippen molar-refractivity contribution in [2.75, 3.05) is 0 Å². The molecule has 0 aliphatic carbocycles. The summed E-state index contributed by atoms with van der Waals surface area (Å²) in [6.45, 7) is 0. The highest BCUT2D eigenvalue weighted by atomic mass is 31.1. The highest BCUT2D eigenvalue weighted by Gasteiger charge is 2.14. The van der Waals surface area contributed by atoms with Gasteiger partial charge in [-0.25, -0.2) is 0 Å². The Labute approximate surface area is 156 Å². The van der Waals surface area contributed by atoms with Crippen LogP contribution >= 0.6 is 7.92 Å². The van der Waals surface area contributed by atoms with E-state index in [0.717, 1.165) is 0 Å². The molecule has 0 fully saturated rings. The van der Waals surface area contributed by atoms with Gasteiger partial charge in [0.1, 0.15) is 0 Å². The second kappa shape index (κ2) is 9.56. The minimum atomic E-state index is -0.446. The van der Waals surface area contributed by atoms with Gasteiger partial charge in [0.25, 0.3) is 0 Å². The molecular formula is C24H20OP-. The monoisotopic (exact) mass is 355 g/mol. The maximum Gasteiger partial charge on any atom is -0.0134 e. The van der Waals surface area contributed by atoms with Gasteiger partial charge in [0.2, 0.25) is 0 Å². The Morgan fingerprint density at radius 1 is 0.385 bits per heavy atom. The van der Waals surface area contributed by atoms with Crippen molar-refractivity contribution in [3.05, 3.63) is 121 Å². The lowest BCUT2D eigenvalue weighted by Gasteiger charge is -2.18. The molecule has 0 aliphatic rings. The third-order valence-electron chi connectivity index (χ3n) is 3.79. The van der Waals surface area contributed by atoms with Gasteiger partial charge in [0, 0.05) is 0 Å². The molecule has 0 unspecified atom stereocenters. The minimum absolute atomic E-state index is 0.0718. The fourth-order valence-corrected chi connectivity index (χ4v) is 4.90. The molecule has 0 atom stereocenters. The Balaban J connectivity index is 0.000000236. The number of para-hydroxylation sites is 1. The molecule has 4 aromatic carbocycles. The summed E-state index contributed by atoms with van der Waals surface area (Å²) >= 11 is 0. The van der Waals surface area contributed by atoms with E-state index in [9.17, 15) is 5.11 Å². The van der Waals surface area contributed by atoms with Crippen LogP contribution in [-0.4, -0.2) is 0 Å². The highest BCUT2D eigenvalue weighted by Crippen LogP contribution is 2.32. The smallest absolute Gasteiger partial charge is 0.0134 e. The summed E-state index contributed by atoms with van der Waals surface area (Å²) in [5.41, 5.74) is 0. The fourth-order valence-electron chi connectivity index (χ4n) is 2.60. The molecule has 0 spiro atoms. The van der Waals surface area contributed by atoms with Gasteiger partial charge in [-0.1, -0.05) is 121 Å². The van der Waals surface area contributed by atoms with E-state index in [1.165, 1.54) is 28.0 Å². The maximum atomic E-state index is 10.3. The van der Waals surface area contributed by atoms with Crippen molar-refractivity contribution in [3.8, 4) is 5.75 Å². The third kappa shape index (κ3) is 5.05. The predicted octanol–water partition coefficient (Wildman–Crippen LogP) is 4.21. The predicted molar refractivity (Wildman–Crippen MR) is 111 cm³/mol. The normalized spacial score (nSPS) is 10.0. The van der Waals surface area contributed by atoms with Crippen molar-refractivity contribution in [1.29, 1.82) is 0 Å². The summed E-state index contributed by atoms with van der Waals surface area (Å²) < 4.78 is 0. The molecule has 0 saturated heterocycles. The second-order valence-electron chi connectivity index (χ2n) is 5.66. The summed E-state index contributed by atoms with van der Waals surface area (Å²) in [7, 11) is -0.446. The zero-order chi connectivity index (χ0) is 18.0. The summed E-state index contributed by atoms with van der Waals surface area (Å²) in [5.74, 6) is 0.0718. The summed E-state index contributed by atoms with van der Waals surface area (Å²) in [4.78, 5) is 0. The zero-order valence-corrected chi connectivity index (χ0v) is 15.3. The Hall–Kier alpha value is -2.89. The third-order valence-corrected chi connectivity index (χ3v) is 6.23. The number of hydrogen-bond donors (Lipinski definition) is 0. The van der Waals surface area contributed by atoms with Crippen molar-refractivity contribution >= 4 is 23.8 Å². The second-order valence-corrected chi connectivity index (χ2v) is 7.88. The van der Waals surface area contributed by atoms with Crippen molar-refractivity contribution in [2.45, 2.75) is 0 Å². The summed E-state index contributed by atoms with van der Waals surface area (Å²) in [6.07, 6.45) is 0. The van der Waals surface area contributed by atoms with Crippen LogP contribution < -0.4 is 21.0 Å². The molecule has 4 rings (SSSR count). The first kappa shape index (κ1) is 17.9. The Bertz CT molecular complexity index is 784. The van der Waals surface area contributed by atoms with E-state index in [1.54, 1.807) is 12.1 Å². The van der Waals surface area contributed by atoms with Gasteiger partial charge < -0.3 is 5.11 Å². The van der Waals surface area contributed by atoms with Gasteiger partial charge in [0.05, 0.1) is 0 Å². The molecule has 0 amide bonds. The fraction of sp³-hybridized carbons (Fsp3) is 0. The van der Waals surface area contributed by atoms with Crippen LogP contribution in [0.15, 0.2) is 121 Å². The van der Waals surface area contributed by atoms with Crippen LogP contribution in [0.5, 0.6) is 5.75 Å². The molecule has 0 aliphatic heterocycles. The van der Waals surface area contributed by atoms with Crippen molar-refractivity contribution in [3.63, 3.8) is 0 Å². The minimum Gasteiger partial charge on any atom is -0.872 e. The average Bonchev–Trinajstić information content (AvgIpc) is 2.72. The van der Waals surface area contributed by atoms with E-state index in [2.05, 4.69) is 91.0 Å². The van der Waals surface area contributed by atoms with Crippen LogP contribution in [0.3, 0.4) is 0 Å². The van der Waals surface area contributed by atoms with Crippen LogP contribution in [-0.2, 0) is 0 Å². The van der Waals surface area contributed by atoms with E-state index in [-0.39, 0.29) is 5.75 Å². The highest BCUT2D eigenvalue weighted by molar-refractivity contribution is 7.79. The number of rotatable bonds is 3. The molecule has 0 N–H and O–H groups in total. The van der Waals surface area contributed by atoms with Crippen LogP contribution in [0, 0.1) is 0 Å². The Morgan fingerprint density at radius 3 is 0.885 bits per heavy atom. The average molecular weight is 355 g/mol. The van der Waals surface area contributed by atoms with E-state index in [1.807, 2.05) is 6.07 Å².